The highest BCUT2D eigenvalue weighted by Crippen LogP contribution is 2.20. The molecule has 2 N–H and O–H groups in total. The fraction of sp³-hybridized carbons (Fsp3) is 0.211. The Morgan fingerprint density at radius 2 is 2.03 bits per heavy atom. The van der Waals surface area contributed by atoms with Crippen LogP contribution in [0, 0.1) is 0 Å². The Labute approximate surface area is 170 Å². The quantitative estimate of drug-likeness (QED) is 0.458. The molecule has 1 amide bonds. The summed E-state index contributed by atoms with van der Waals surface area (Å²) in [5.41, 5.74) is 1.77. The van der Waals surface area contributed by atoms with Crippen LogP contribution in [-0.2, 0) is 17.8 Å². The lowest BCUT2D eigenvalue weighted by Crippen LogP contribution is -2.23. The average molecular weight is 410 g/mol. The molecule has 10 heteroatoms. The maximum atomic E-state index is 12.1. The predicted octanol–water partition coefficient (Wildman–Crippen LogP) is 2.84. The number of H-pyrrole nitrogens is 1. The zero-order chi connectivity index (χ0) is 20.1. The number of thiophene rings is 1. The third-order valence-corrected chi connectivity index (χ3v) is 4.83. The van der Waals surface area contributed by atoms with Crippen LogP contribution >= 0.6 is 11.3 Å². The Morgan fingerprint density at radius 1 is 1.17 bits per heavy atom. The second-order valence-electron chi connectivity index (χ2n) is 6.13. The van der Waals surface area contributed by atoms with Crippen molar-refractivity contribution in [2.75, 3.05) is 7.11 Å². The van der Waals surface area contributed by atoms with Gasteiger partial charge in [0.2, 0.25) is 17.6 Å². The summed E-state index contributed by atoms with van der Waals surface area (Å²) < 4.78 is 10.3. The molecule has 0 aliphatic rings. The normalized spacial score (nSPS) is 10.8. The van der Waals surface area contributed by atoms with Crippen molar-refractivity contribution in [3.8, 4) is 28.5 Å². The molecule has 0 bridgehead atoms. The van der Waals surface area contributed by atoms with E-state index in [1.807, 2.05) is 41.1 Å². The van der Waals surface area contributed by atoms with E-state index < -0.39 is 0 Å². The van der Waals surface area contributed by atoms with E-state index in [1.54, 1.807) is 18.4 Å². The number of hydrogen-bond donors (Lipinski definition) is 2. The zero-order valence-corrected chi connectivity index (χ0v) is 16.4. The Bertz CT molecular complexity index is 1070. The van der Waals surface area contributed by atoms with Crippen molar-refractivity contribution in [3.63, 3.8) is 0 Å². The van der Waals surface area contributed by atoms with Crippen LogP contribution in [0.2, 0.25) is 0 Å². The molecule has 0 saturated carbocycles. The third kappa shape index (κ3) is 4.66. The third-order valence-electron chi connectivity index (χ3n) is 4.15. The first kappa shape index (κ1) is 18.8. The Morgan fingerprint density at radius 3 is 2.79 bits per heavy atom. The minimum absolute atomic E-state index is 0.136. The van der Waals surface area contributed by atoms with Crippen molar-refractivity contribution >= 4 is 17.2 Å². The number of amides is 1. The van der Waals surface area contributed by atoms with Crippen LogP contribution in [0.25, 0.3) is 22.8 Å². The largest absolute Gasteiger partial charge is 0.497 e. The molecule has 0 aliphatic carbocycles. The molecular weight excluding hydrogens is 392 g/mol. The number of aryl methyl sites for hydroxylation is 1. The number of carbonyl (C=O) groups excluding carboxylic acids is 1. The fourth-order valence-electron chi connectivity index (χ4n) is 2.60. The second-order valence-corrected chi connectivity index (χ2v) is 6.91. The van der Waals surface area contributed by atoms with Gasteiger partial charge in [0.15, 0.2) is 5.82 Å². The summed E-state index contributed by atoms with van der Waals surface area (Å²) in [6, 6.07) is 9.35. The van der Waals surface area contributed by atoms with Gasteiger partial charge in [-0.15, -0.1) is 0 Å². The minimum atomic E-state index is -0.136. The van der Waals surface area contributed by atoms with Gasteiger partial charge < -0.3 is 14.6 Å². The molecule has 0 unspecified atom stereocenters. The molecule has 4 aromatic rings. The average Bonchev–Trinajstić information content (AvgIpc) is 3.52. The van der Waals surface area contributed by atoms with Gasteiger partial charge in [-0.3, -0.25) is 9.89 Å². The Kier molecular flexibility index (Phi) is 5.61. The first-order valence-electron chi connectivity index (χ1n) is 8.89. The topological polar surface area (TPSA) is 119 Å². The van der Waals surface area contributed by atoms with Gasteiger partial charge in [0.1, 0.15) is 11.6 Å². The van der Waals surface area contributed by atoms with Gasteiger partial charge in [-0.1, -0.05) is 5.16 Å². The molecule has 0 atom stereocenters. The monoisotopic (exact) mass is 410 g/mol. The summed E-state index contributed by atoms with van der Waals surface area (Å²) in [5, 5.41) is 17.6. The summed E-state index contributed by atoms with van der Waals surface area (Å²) in [5.74, 6) is 2.73. The fourth-order valence-corrected chi connectivity index (χ4v) is 3.23. The smallest absolute Gasteiger partial charge is 0.227 e. The Balaban J connectivity index is 1.26. The SMILES string of the molecule is COc1ccc(-c2n[nH]c(CNC(=O)CCc3nc(-c4ccsc4)no3)n2)cc1. The summed E-state index contributed by atoms with van der Waals surface area (Å²) in [7, 11) is 1.61. The number of rotatable bonds is 8. The molecule has 0 spiro atoms. The molecule has 0 radical (unpaired) electrons. The van der Waals surface area contributed by atoms with Crippen molar-refractivity contribution in [2.24, 2.45) is 0 Å². The highest BCUT2D eigenvalue weighted by Gasteiger charge is 2.12. The zero-order valence-electron chi connectivity index (χ0n) is 15.6. The molecule has 4 rings (SSSR count). The van der Waals surface area contributed by atoms with E-state index >= 15 is 0 Å². The highest BCUT2D eigenvalue weighted by molar-refractivity contribution is 7.08. The molecule has 148 valence electrons. The number of nitrogens with zero attached hydrogens (tertiary/aromatic N) is 4. The van der Waals surface area contributed by atoms with Gasteiger partial charge in [-0.05, 0) is 35.7 Å². The first-order valence-corrected chi connectivity index (χ1v) is 9.83. The van der Waals surface area contributed by atoms with Crippen LogP contribution < -0.4 is 10.1 Å². The number of aromatic nitrogens is 5. The van der Waals surface area contributed by atoms with Crippen molar-refractivity contribution in [1.82, 2.24) is 30.6 Å². The number of benzene rings is 1. The van der Waals surface area contributed by atoms with Crippen LogP contribution in [0.1, 0.15) is 18.1 Å². The van der Waals surface area contributed by atoms with E-state index in [-0.39, 0.29) is 18.9 Å². The van der Waals surface area contributed by atoms with Gasteiger partial charge in [0.25, 0.3) is 0 Å². The summed E-state index contributed by atoms with van der Waals surface area (Å²) in [4.78, 5) is 20.8. The van der Waals surface area contributed by atoms with Crippen LogP contribution in [0.4, 0.5) is 0 Å². The molecule has 1 aromatic carbocycles. The van der Waals surface area contributed by atoms with E-state index in [0.717, 1.165) is 16.9 Å². The van der Waals surface area contributed by atoms with Crippen LogP contribution in [0.5, 0.6) is 5.75 Å². The van der Waals surface area contributed by atoms with E-state index in [4.69, 9.17) is 9.26 Å². The summed E-state index contributed by atoms with van der Waals surface area (Å²) in [6.45, 7) is 0.256. The molecule has 0 fully saturated rings. The number of hydrogen-bond acceptors (Lipinski definition) is 8. The number of carbonyl (C=O) groups is 1. The predicted molar refractivity (Wildman–Crippen MR) is 106 cm³/mol. The van der Waals surface area contributed by atoms with Gasteiger partial charge in [0.05, 0.1) is 13.7 Å². The molecule has 0 aliphatic heterocycles. The van der Waals surface area contributed by atoms with E-state index in [9.17, 15) is 4.79 Å². The van der Waals surface area contributed by atoms with E-state index in [2.05, 4.69) is 30.6 Å². The van der Waals surface area contributed by atoms with Crippen LogP contribution in [-0.4, -0.2) is 38.3 Å². The number of ether oxygens (including phenoxy) is 1. The van der Waals surface area contributed by atoms with E-state index in [1.165, 1.54) is 0 Å². The maximum Gasteiger partial charge on any atom is 0.227 e. The summed E-state index contributed by atoms with van der Waals surface area (Å²) >= 11 is 1.56. The van der Waals surface area contributed by atoms with E-state index in [0.29, 0.717) is 29.8 Å². The number of nitrogens with one attached hydrogen (secondary N) is 2. The standard InChI is InChI=1S/C19H18N6O3S/c1-27-14-4-2-12(3-5-14)18-21-15(23-24-18)10-20-16(26)6-7-17-22-19(25-28-17)13-8-9-29-11-13/h2-5,8-9,11H,6-7,10H2,1H3,(H,20,26)(H,21,23,24). The maximum absolute atomic E-state index is 12.1. The molecular formula is C19H18N6O3S. The number of aromatic amines is 1. The second kappa shape index (κ2) is 8.65. The van der Waals surface area contributed by atoms with Gasteiger partial charge in [0, 0.05) is 29.3 Å². The molecule has 0 saturated heterocycles. The van der Waals surface area contributed by atoms with Gasteiger partial charge >= 0.3 is 0 Å². The van der Waals surface area contributed by atoms with Crippen LogP contribution in [0.3, 0.4) is 0 Å². The lowest BCUT2D eigenvalue weighted by atomic mass is 10.2. The van der Waals surface area contributed by atoms with Crippen LogP contribution in [0.15, 0.2) is 45.6 Å². The number of methoxy groups -OCH3 is 1. The highest BCUT2D eigenvalue weighted by atomic mass is 32.1. The minimum Gasteiger partial charge on any atom is -0.497 e. The molecule has 29 heavy (non-hydrogen) atoms. The lowest BCUT2D eigenvalue weighted by molar-refractivity contribution is -0.121. The van der Waals surface area contributed by atoms with Gasteiger partial charge in [-0.25, -0.2) is 4.98 Å². The molecule has 3 heterocycles. The van der Waals surface area contributed by atoms with Crippen molar-refractivity contribution in [3.05, 3.63) is 52.8 Å². The first-order chi connectivity index (χ1) is 14.2. The van der Waals surface area contributed by atoms with Crippen molar-refractivity contribution in [1.29, 1.82) is 0 Å². The molecule has 3 aromatic heterocycles. The summed E-state index contributed by atoms with van der Waals surface area (Å²) in [6.07, 6.45) is 0.612. The van der Waals surface area contributed by atoms with Gasteiger partial charge in [-0.2, -0.15) is 21.4 Å². The molecule has 9 nitrogen and oxygen atoms in total. The van der Waals surface area contributed by atoms with Crippen molar-refractivity contribution < 1.29 is 14.1 Å². The van der Waals surface area contributed by atoms with Crippen molar-refractivity contribution in [2.45, 2.75) is 19.4 Å². The Hall–Kier alpha value is -3.53. The lowest BCUT2D eigenvalue weighted by Gasteiger charge is -2.01.